The van der Waals surface area contributed by atoms with Gasteiger partial charge in [0.1, 0.15) is 11.9 Å². The van der Waals surface area contributed by atoms with Gasteiger partial charge in [-0.25, -0.2) is 4.39 Å². The van der Waals surface area contributed by atoms with Crippen LogP contribution in [-0.2, 0) is 0 Å². The fraction of sp³-hybridized carbons (Fsp3) is 0.222. The second-order valence-electron chi connectivity index (χ2n) is 2.74. The lowest BCUT2D eigenvalue weighted by molar-refractivity contribution is 0.0758. The Labute approximate surface area is 88.9 Å². The van der Waals surface area contributed by atoms with Gasteiger partial charge in [-0.3, -0.25) is 4.79 Å². The molecule has 0 heterocycles. The topological polar surface area (TPSA) is 63.3 Å². The first-order valence-corrected chi connectivity index (χ1v) is 4.73. The van der Waals surface area contributed by atoms with Gasteiger partial charge in [0.15, 0.2) is 5.78 Å². The molecule has 0 bridgehead atoms. The van der Waals surface area contributed by atoms with Crippen LogP contribution in [0.2, 0.25) is 0 Å². The molecule has 0 saturated heterocycles. The van der Waals surface area contributed by atoms with Crippen molar-refractivity contribution in [3.63, 3.8) is 0 Å². The number of ketones is 1. The number of carbonyl (C=O) groups is 1. The van der Waals surface area contributed by atoms with Crippen molar-refractivity contribution in [3.8, 4) is 0 Å². The monoisotopic (exact) mass is 261 g/mol. The van der Waals surface area contributed by atoms with Gasteiger partial charge in [-0.1, -0.05) is 15.9 Å². The average Bonchev–Trinajstić information content (AvgIpc) is 2.19. The van der Waals surface area contributed by atoms with E-state index in [0.29, 0.717) is 4.47 Å². The summed E-state index contributed by atoms with van der Waals surface area (Å²) in [5, 5.41) is 9.14. The standard InChI is InChI=1S/C9H9BrFNO2/c10-5-1-2-7(11)6(3-5)9(14)8(13)4-12/h1-3,8,13H,4,12H2. The predicted octanol–water partition coefficient (Wildman–Crippen LogP) is 1.09. The molecule has 3 nitrogen and oxygen atoms in total. The molecule has 0 aliphatic rings. The molecule has 0 aliphatic carbocycles. The Morgan fingerprint density at radius 2 is 2.29 bits per heavy atom. The van der Waals surface area contributed by atoms with Crippen molar-refractivity contribution in [3.05, 3.63) is 34.1 Å². The minimum atomic E-state index is -1.35. The Bertz CT molecular complexity index is 357. The Morgan fingerprint density at radius 1 is 1.64 bits per heavy atom. The van der Waals surface area contributed by atoms with Gasteiger partial charge in [0.25, 0.3) is 0 Å². The van der Waals surface area contributed by atoms with Crippen LogP contribution in [0.3, 0.4) is 0 Å². The quantitative estimate of drug-likeness (QED) is 0.801. The first-order chi connectivity index (χ1) is 6.56. The number of aliphatic hydroxyl groups is 1. The molecule has 5 heteroatoms. The molecule has 76 valence electrons. The first kappa shape index (κ1) is 11.3. The number of benzene rings is 1. The van der Waals surface area contributed by atoms with E-state index in [9.17, 15) is 9.18 Å². The number of hydrogen-bond acceptors (Lipinski definition) is 3. The molecule has 1 rings (SSSR count). The molecule has 1 unspecified atom stereocenters. The molecule has 0 aliphatic heterocycles. The number of Topliss-reactive ketones (excluding diaryl/α,β-unsaturated/α-hetero) is 1. The van der Waals surface area contributed by atoms with Crippen LogP contribution in [0.4, 0.5) is 4.39 Å². The fourth-order valence-electron chi connectivity index (χ4n) is 0.973. The van der Waals surface area contributed by atoms with Gasteiger partial charge in [-0.2, -0.15) is 0 Å². The van der Waals surface area contributed by atoms with Crippen LogP contribution in [-0.4, -0.2) is 23.5 Å². The molecule has 1 aromatic rings. The van der Waals surface area contributed by atoms with Gasteiger partial charge in [0.2, 0.25) is 0 Å². The lowest BCUT2D eigenvalue weighted by Gasteiger charge is -2.07. The van der Waals surface area contributed by atoms with Gasteiger partial charge in [0.05, 0.1) is 5.56 Å². The molecule has 14 heavy (non-hydrogen) atoms. The molecule has 0 spiro atoms. The van der Waals surface area contributed by atoms with Crippen LogP contribution >= 0.6 is 15.9 Å². The number of rotatable bonds is 3. The Balaban J connectivity index is 3.06. The molecule has 1 atom stereocenters. The molecule has 3 N–H and O–H groups in total. The Kier molecular flexibility index (Phi) is 3.74. The van der Waals surface area contributed by atoms with Crippen molar-refractivity contribution in [2.45, 2.75) is 6.10 Å². The average molecular weight is 262 g/mol. The third kappa shape index (κ3) is 2.37. The molecule has 0 aromatic heterocycles. The van der Waals surface area contributed by atoms with Crippen molar-refractivity contribution in [2.75, 3.05) is 6.54 Å². The largest absolute Gasteiger partial charge is 0.384 e. The van der Waals surface area contributed by atoms with Crippen LogP contribution in [0.15, 0.2) is 22.7 Å². The third-order valence-electron chi connectivity index (χ3n) is 1.72. The van der Waals surface area contributed by atoms with Crippen LogP contribution in [0.1, 0.15) is 10.4 Å². The van der Waals surface area contributed by atoms with E-state index in [0.717, 1.165) is 6.07 Å². The highest BCUT2D eigenvalue weighted by atomic mass is 79.9. The molecule has 1 aromatic carbocycles. The maximum atomic E-state index is 13.1. The van der Waals surface area contributed by atoms with Crippen molar-refractivity contribution in [1.82, 2.24) is 0 Å². The van der Waals surface area contributed by atoms with E-state index in [1.165, 1.54) is 12.1 Å². The van der Waals surface area contributed by atoms with Gasteiger partial charge in [0, 0.05) is 11.0 Å². The zero-order valence-corrected chi connectivity index (χ0v) is 8.79. The van der Waals surface area contributed by atoms with E-state index < -0.39 is 17.7 Å². The lowest BCUT2D eigenvalue weighted by atomic mass is 10.1. The third-order valence-corrected chi connectivity index (χ3v) is 2.21. The maximum Gasteiger partial charge on any atom is 0.195 e. The normalized spacial score (nSPS) is 12.6. The summed E-state index contributed by atoms with van der Waals surface area (Å²) in [5.41, 5.74) is 4.94. The lowest BCUT2D eigenvalue weighted by Crippen LogP contribution is -2.29. The van der Waals surface area contributed by atoms with E-state index in [4.69, 9.17) is 10.8 Å². The Morgan fingerprint density at radius 3 is 2.86 bits per heavy atom. The molecular formula is C9H9BrFNO2. The van der Waals surface area contributed by atoms with E-state index in [1.807, 2.05) is 0 Å². The van der Waals surface area contributed by atoms with Gasteiger partial charge >= 0.3 is 0 Å². The van der Waals surface area contributed by atoms with Crippen LogP contribution in [0, 0.1) is 5.82 Å². The first-order valence-electron chi connectivity index (χ1n) is 3.93. The summed E-state index contributed by atoms with van der Waals surface area (Å²) in [7, 11) is 0. The van der Waals surface area contributed by atoms with E-state index in [2.05, 4.69) is 15.9 Å². The molecular weight excluding hydrogens is 253 g/mol. The number of halogens is 2. The number of nitrogens with two attached hydrogens (primary N) is 1. The molecule has 0 radical (unpaired) electrons. The summed E-state index contributed by atoms with van der Waals surface area (Å²) < 4.78 is 13.7. The highest BCUT2D eigenvalue weighted by Crippen LogP contribution is 2.16. The molecule has 0 fully saturated rings. The smallest absolute Gasteiger partial charge is 0.195 e. The van der Waals surface area contributed by atoms with Crippen molar-refractivity contribution < 1.29 is 14.3 Å². The summed E-state index contributed by atoms with van der Waals surface area (Å²) in [4.78, 5) is 11.4. The van der Waals surface area contributed by atoms with Crippen molar-refractivity contribution in [1.29, 1.82) is 0 Å². The minimum Gasteiger partial charge on any atom is -0.384 e. The Hall–Kier alpha value is -0.780. The van der Waals surface area contributed by atoms with E-state index in [-0.39, 0.29) is 12.1 Å². The second kappa shape index (κ2) is 4.63. The van der Waals surface area contributed by atoms with Crippen molar-refractivity contribution in [2.24, 2.45) is 5.73 Å². The van der Waals surface area contributed by atoms with Crippen molar-refractivity contribution >= 4 is 21.7 Å². The highest BCUT2D eigenvalue weighted by molar-refractivity contribution is 9.10. The summed E-state index contributed by atoms with van der Waals surface area (Å²) >= 11 is 3.10. The van der Waals surface area contributed by atoms with Gasteiger partial charge in [-0.15, -0.1) is 0 Å². The van der Waals surface area contributed by atoms with Gasteiger partial charge in [-0.05, 0) is 18.2 Å². The summed E-state index contributed by atoms with van der Waals surface area (Å²) in [5.74, 6) is -1.36. The zero-order valence-electron chi connectivity index (χ0n) is 7.21. The van der Waals surface area contributed by atoms with Gasteiger partial charge < -0.3 is 10.8 Å². The summed E-state index contributed by atoms with van der Waals surface area (Å²) in [6.45, 7) is -0.217. The number of aliphatic hydroxyl groups excluding tert-OH is 1. The summed E-state index contributed by atoms with van der Waals surface area (Å²) in [6.07, 6.45) is -1.35. The van der Waals surface area contributed by atoms with E-state index >= 15 is 0 Å². The zero-order chi connectivity index (χ0) is 10.7. The number of hydrogen-bond donors (Lipinski definition) is 2. The predicted molar refractivity (Wildman–Crippen MR) is 53.5 cm³/mol. The van der Waals surface area contributed by atoms with Crippen LogP contribution in [0.5, 0.6) is 0 Å². The number of carbonyl (C=O) groups excluding carboxylic acids is 1. The second-order valence-corrected chi connectivity index (χ2v) is 3.66. The summed E-state index contributed by atoms with van der Waals surface area (Å²) in [6, 6.07) is 3.94. The molecule has 0 saturated carbocycles. The minimum absolute atomic E-state index is 0.155. The SMILES string of the molecule is NCC(O)C(=O)c1cc(Br)ccc1F. The fourth-order valence-corrected chi connectivity index (χ4v) is 1.33. The van der Waals surface area contributed by atoms with Crippen LogP contribution < -0.4 is 5.73 Å². The maximum absolute atomic E-state index is 13.1. The van der Waals surface area contributed by atoms with E-state index in [1.54, 1.807) is 0 Å². The highest BCUT2D eigenvalue weighted by Gasteiger charge is 2.19. The molecule has 0 amide bonds. The van der Waals surface area contributed by atoms with Crippen LogP contribution in [0.25, 0.3) is 0 Å².